The Morgan fingerprint density at radius 3 is 2.74 bits per heavy atom. The van der Waals surface area contributed by atoms with E-state index in [0.717, 1.165) is 21.2 Å². The fraction of sp³-hybridized carbons (Fsp3) is 0.0667. The van der Waals surface area contributed by atoms with Gasteiger partial charge >= 0.3 is 0 Å². The Bertz CT molecular complexity index is 670. The Morgan fingerprint density at radius 2 is 2.11 bits per heavy atom. The normalized spacial score (nSPS) is 11.6. The first-order chi connectivity index (χ1) is 9.15. The number of nitriles is 1. The van der Waals surface area contributed by atoms with Gasteiger partial charge in [-0.25, -0.2) is 0 Å². The van der Waals surface area contributed by atoms with Crippen LogP contribution in [-0.2, 0) is 0 Å². The third kappa shape index (κ3) is 2.67. The maximum absolute atomic E-state index is 9.34. The summed E-state index contributed by atoms with van der Waals surface area (Å²) in [5, 5.41) is 9.34. The molecule has 1 aromatic heterocycles. The molecule has 2 rings (SSSR count). The van der Waals surface area contributed by atoms with E-state index in [1.54, 1.807) is 18.5 Å². The number of benzene rings is 1. The van der Waals surface area contributed by atoms with Crippen molar-refractivity contribution in [3.63, 3.8) is 0 Å². The minimum Gasteiger partial charge on any atom is -0.397 e. The molecule has 94 valence electrons. The second-order valence-electron chi connectivity index (χ2n) is 4.08. The zero-order chi connectivity index (χ0) is 13.8. The van der Waals surface area contributed by atoms with Crippen molar-refractivity contribution in [1.29, 1.82) is 5.26 Å². The van der Waals surface area contributed by atoms with E-state index in [-0.39, 0.29) is 0 Å². The molecule has 0 amide bonds. The Balaban J connectivity index is 2.63. The molecule has 0 unspecified atom stereocenters. The maximum Gasteiger partial charge on any atom is 0.102 e. The predicted octanol–water partition coefficient (Wildman–Crippen LogP) is 3.50. The molecule has 2 N–H and O–H groups in total. The molecule has 1 heterocycles. The number of halogens is 1. The Labute approximate surface area is 120 Å². The molecule has 0 aliphatic carbocycles. The lowest BCUT2D eigenvalue weighted by molar-refractivity contribution is 1.31. The number of pyridine rings is 1. The van der Waals surface area contributed by atoms with Crippen molar-refractivity contribution in [2.45, 2.75) is 6.92 Å². The summed E-state index contributed by atoms with van der Waals surface area (Å²) in [6.07, 6.45) is 3.30. The summed E-state index contributed by atoms with van der Waals surface area (Å²) in [5.41, 5.74) is 9.64. The Morgan fingerprint density at radius 1 is 1.32 bits per heavy atom. The van der Waals surface area contributed by atoms with Crippen molar-refractivity contribution in [2.24, 2.45) is 5.73 Å². The highest BCUT2D eigenvalue weighted by Gasteiger charge is 2.12. The van der Waals surface area contributed by atoms with Crippen molar-refractivity contribution in [1.82, 2.24) is 4.98 Å². The summed E-state index contributed by atoms with van der Waals surface area (Å²) in [6.45, 7) is 1.98. The first kappa shape index (κ1) is 13.3. The van der Waals surface area contributed by atoms with Crippen LogP contribution in [0.15, 0.2) is 47.2 Å². The van der Waals surface area contributed by atoms with E-state index >= 15 is 0 Å². The minimum absolute atomic E-state index is 0.430. The van der Waals surface area contributed by atoms with Crippen molar-refractivity contribution in [2.75, 3.05) is 0 Å². The van der Waals surface area contributed by atoms with E-state index in [1.165, 1.54) is 0 Å². The molecular formula is C15H12BrN3. The number of nitrogens with two attached hydrogens (primary N) is 1. The van der Waals surface area contributed by atoms with Crippen LogP contribution in [0.25, 0.3) is 11.3 Å². The molecule has 0 bridgehead atoms. The number of hydrogen-bond donors (Lipinski definition) is 1. The van der Waals surface area contributed by atoms with Gasteiger partial charge in [0, 0.05) is 28.0 Å². The Kier molecular flexibility index (Phi) is 3.98. The Hall–Kier alpha value is -2.12. The monoisotopic (exact) mass is 313 g/mol. The number of aromatic nitrogens is 1. The number of hydrogen-bond acceptors (Lipinski definition) is 3. The molecule has 0 aliphatic heterocycles. The largest absolute Gasteiger partial charge is 0.397 e. The predicted molar refractivity (Wildman–Crippen MR) is 79.7 cm³/mol. The fourth-order valence-corrected chi connectivity index (χ4v) is 2.26. The highest BCUT2D eigenvalue weighted by Crippen LogP contribution is 2.29. The number of rotatable bonds is 2. The number of allylic oxidation sites excluding steroid dienone is 1. The van der Waals surface area contributed by atoms with E-state index in [0.29, 0.717) is 11.3 Å². The van der Waals surface area contributed by atoms with Gasteiger partial charge in [-0.1, -0.05) is 24.3 Å². The summed E-state index contributed by atoms with van der Waals surface area (Å²) in [6, 6.07) is 11.6. The van der Waals surface area contributed by atoms with Gasteiger partial charge in [-0.15, -0.1) is 0 Å². The average molecular weight is 314 g/mol. The van der Waals surface area contributed by atoms with Gasteiger partial charge in [-0.05, 0) is 34.5 Å². The molecular weight excluding hydrogens is 302 g/mol. The van der Waals surface area contributed by atoms with E-state index < -0.39 is 0 Å². The number of aryl methyl sites for hydroxylation is 1. The third-order valence-electron chi connectivity index (χ3n) is 2.81. The third-order valence-corrected chi connectivity index (χ3v) is 3.87. The second-order valence-corrected chi connectivity index (χ2v) is 4.87. The average Bonchev–Trinajstić information content (AvgIpc) is 2.44. The molecule has 0 fully saturated rings. The quantitative estimate of drug-likeness (QED) is 0.863. The summed E-state index contributed by atoms with van der Waals surface area (Å²) >= 11 is 3.51. The smallest absolute Gasteiger partial charge is 0.102 e. The summed E-state index contributed by atoms with van der Waals surface area (Å²) in [5.74, 6) is 0. The topological polar surface area (TPSA) is 62.7 Å². The van der Waals surface area contributed by atoms with Crippen molar-refractivity contribution < 1.29 is 0 Å². The van der Waals surface area contributed by atoms with Crippen LogP contribution in [0.5, 0.6) is 0 Å². The van der Waals surface area contributed by atoms with E-state index in [1.807, 2.05) is 31.2 Å². The minimum atomic E-state index is 0.430. The van der Waals surface area contributed by atoms with Crippen LogP contribution in [0.2, 0.25) is 0 Å². The molecule has 0 spiro atoms. The van der Waals surface area contributed by atoms with Gasteiger partial charge in [-0.3, -0.25) is 4.98 Å². The van der Waals surface area contributed by atoms with Gasteiger partial charge < -0.3 is 5.73 Å². The van der Waals surface area contributed by atoms with E-state index in [4.69, 9.17) is 5.73 Å². The lowest BCUT2D eigenvalue weighted by atomic mass is 10.0. The lowest BCUT2D eigenvalue weighted by Gasteiger charge is -2.09. The van der Waals surface area contributed by atoms with Gasteiger partial charge in [0.1, 0.15) is 6.07 Å². The van der Waals surface area contributed by atoms with Crippen molar-refractivity contribution in [3.05, 3.63) is 63.9 Å². The lowest BCUT2D eigenvalue weighted by Crippen LogP contribution is -2.02. The van der Waals surface area contributed by atoms with Gasteiger partial charge in [0.15, 0.2) is 0 Å². The molecule has 0 saturated carbocycles. The van der Waals surface area contributed by atoms with Crippen LogP contribution in [0, 0.1) is 18.3 Å². The van der Waals surface area contributed by atoms with Gasteiger partial charge in [0.05, 0.1) is 11.3 Å². The first-order valence-electron chi connectivity index (χ1n) is 5.71. The van der Waals surface area contributed by atoms with Gasteiger partial charge in [-0.2, -0.15) is 5.26 Å². The molecule has 19 heavy (non-hydrogen) atoms. The van der Waals surface area contributed by atoms with Gasteiger partial charge in [0.25, 0.3) is 0 Å². The zero-order valence-corrected chi connectivity index (χ0v) is 12.0. The molecule has 0 aliphatic rings. The molecule has 2 aromatic rings. The molecule has 0 atom stereocenters. The summed E-state index contributed by atoms with van der Waals surface area (Å²) in [4.78, 5) is 4.02. The van der Waals surface area contributed by atoms with E-state index in [9.17, 15) is 5.26 Å². The van der Waals surface area contributed by atoms with Crippen LogP contribution in [0.4, 0.5) is 0 Å². The molecule has 4 heteroatoms. The molecule has 0 saturated heterocycles. The van der Waals surface area contributed by atoms with Crippen molar-refractivity contribution >= 4 is 27.2 Å². The second kappa shape index (κ2) is 5.68. The maximum atomic E-state index is 9.34. The van der Waals surface area contributed by atoms with Gasteiger partial charge in [0.2, 0.25) is 0 Å². The molecule has 1 aromatic carbocycles. The van der Waals surface area contributed by atoms with Crippen LogP contribution in [-0.4, -0.2) is 4.98 Å². The van der Waals surface area contributed by atoms with Crippen LogP contribution >= 0.6 is 15.9 Å². The standard InChI is InChI=1S/C15H12BrN3/c1-10-4-2-6-12(14(10)16)15(18)13(8-17)11-5-3-7-19-9-11/h2-7,9H,18H2,1H3/b15-13+. The molecule has 0 radical (unpaired) electrons. The SMILES string of the molecule is Cc1cccc(/C(N)=C(/C#N)c2cccnc2)c1Br. The van der Waals surface area contributed by atoms with Crippen LogP contribution in [0.1, 0.15) is 16.7 Å². The highest BCUT2D eigenvalue weighted by atomic mass is 79.9. The first-order valence-corrected chi connectivity index (χ1v) is 6.50. The number of nitrogens with zero attached hydrogens (tertiary/aromatic N) is 2. The summed E-state index contributed by atoms with van der Waals surface area (Å²) < 4.78 is 0.907. The van der Waals surface area contributed by atoms with Crippen LogP contribution < -0.4 is 5.73 Å². The summed E-state index contributed by atoms with van der Waals surface area (Å²) in [7, 11) is 0. The zero-order valence-electron chi connectivity index (χ0n) is 10.4. The highest BCUT2D eigenvalue weighted by molar-refractivity contribution is 9.10. The fourth-order valence-electron chi connectivity index (χ4n) is 1.78. The van der Waals surface area contributed by atoms with E-state index in [2.05, 4.69) is 27.0 Å². The molecule has 3 nitrogen and oxygen atoms in total. The van der Waals surface area contributed by atoms with Crippen molar-refractivity contribution in [3.8, 4) is 6.07 Å². The van der Waals surface area contributed by atoms with Crippen LogP contribution in [0.3, 0.4) is 0 Å².